The predicted octanol–water partition coefficient (Wildman–Crippen LogP) is 2.12. The number of carboxylic acids is 1. The number of hydrogen-bond acceptors (Lipinski definition) is 4. The average Bonchev–Trinajstić information content (AvgIpc) is 2.58. The largest absolute Gasteiger partial charge is 0.494 e. The molecule has 0 aromatic heterocycles. The number of rotatable bonds is 4. The standard InChI is InChI=1S/C15H22BNO4/c1-6-17-12-9-10(7-8-11(12)13(18)19)16-20-14(2,3)15(4,5)21-16/h7-9,17H,6H2,1-5H3,(H,18,19). The van der Waals surface area contributed by atoms with Crippen LogP contribution in [0.1, 0.15) is 45.0 Å². The number of nitrogens with one attached hydrogen (secondary N) is 1. The topological polar surface area (TPSA) is 67.8 Å². The SMILES string of the molecule is CCNc1cc(B2OC(C)(C)C(C)(C)O2)ccc1C(=O)O. The molecule has 0 amide bonds. The maximum atomic E-state index is 11.2. The van der Waals surface area contributed by atoms with E-state index in [1.807, 2.05) is 34.6 Å². The summed E-state index contributed by atoms with van der Waals surface area (Å²) in [4.78, 5) is 11.2. The van der Waals surface area contributed by atoms with E-state index in [-0.39, 0.29) is 5.56 Å². The Bertz CT molecular complexity index is 541. The van der Waals surface area contributed by atoms with Crippen molar-refractivity contribution in [3.05, 3.63) is 23.8 Å². The minimum atomic E-state index is -0.952. The third-order valence-corrected chi connectivity index (χ3v) is 4.17. The van der Waals surface area contributed by atoms with Crippen LogP contribution in [0.2, 0.25) is 0 Å². The number of hydrogen-bond donors (Lipinski definition) is 2. The summed E-state index contributed by atoms with van der Waals surface area (Å²) < 4.78 is 12.0. The minimum absolute atomic E-state index is 0.247. The Balaban J connectivity index is 2.34. The lowest BCUT2D eigenvalue weighted by Crippen LogP contribution is -2.41. The van der Waals surface area contributed by atoms with Crippen LogP contribution in [0.15, 0.2) is 18.2 Å². The number of carbonyl (C=O) groups is 1. The van der Waals surface area contributed by atoms with Gasteiger partial charge in [-0.1, -0.05) is 6.07 Å². The first-order chi connectivity index (χ1) is 9.68. The normalized spacial score (nSPS) is 19.6. The Hall–Kier alpha value is -1.53. The van der Waals surface area contributed by atoms with Gasteiger partial charge in [0.15, 0.2) is 0 Å². The molecule has 1 saturated heterocycles. The number of benzene rings is 1. The van der Waals surface area contributed by atoms with Crippen LogP contribution in [-0.4, -0.2) is 35.9 Å². The van der Waals surface area contributed by atoms with Gasteiger partial charge in [-0.05, 0) is 52.2 Å². The molecule has 0 radical (unpaired) electrons. The summed E-state index contributed by atoms with van der Waals surface area (Å²) in [5, 5.41) is 12.3. The van der Waals surface area contributed by atoms with E-state index >= 15 is 0 Å². The zero-order chi connectivity index (χ0) is 15.8. The molecule has 0 aliphatic carbocycles. The molecule has 1 heterocycles. The monoisotopic (exact) mass is 291 g/mol. The zero-order valence-electron chi connectivity index (χ0n) is 13.2. The highest BCUT2D eigenvalue weighted by atomic mass is 16.7. The highest BCUT2D eigenvalue weighted by Crippen LogP contribution is 2.36. The van der Waals surface area contributed by atoms with Crippen molar-refractivity contribution < 1.29 is 19.2 Å². The number of aromatic carboxylic acids is 1. The van der Waals surface area contributed by atoms with Crippen molar-refractivity contribution in [3.63, 3.8) is 0 Å². The van der Waals surface area contributed by atoms with E-state index in [1.54, 1.807) is 18.2 Å². The molecule has 2 rings (SSSR count). The molecular formula is C15H22BNO4. The van der Waals surface area contributed by atoms with Crippen LogP contribution >= 0.6 is 0 Å². The molecular weight excluding hydrogens is 269 g/mol. The molecule has 6 heteroatoms. The smallest absolute Gasteiger partial charge is 0.478 e. The first kappa shape index (κ1) is 15.9. The molecule has 21 heavy (non-hydrogen) atoms. The van der Waals surface area contributed by atoms with Gasteiger partial charge in [-0.15, -0.1) is 0 Å². The summed E-state index contributed by atoms with van der Waals surface area (Å²) >= 11 is 0. The Kier molecular flexibility index (Phi) is 4.04. The Morgan fingerprint density at radius 1 is 1.24 bits per heavy atom. The van der Waals surface area contributed by atoms with E-state index in [0.717, 1.165) is 5.46 Å². The van der Waals surface area contributed by atoms with Gasteiger partial charge in [0.05, 0.1) is 16.8 Å². The summed E-state index contributed by atoms with van der Waals surface area (Å²) in [6, 6.07) is 5.11. The molecule has 0 atom stereocenters. The van der Waals surface area contributed by atoms with Crippen LogP contribution in [0.5, 0.6) is 0 Å². The fraction of sp³-hybridized carbons (Fsp3) is 0.533. The second kappa shape index (κ2) is 5.35. The van der Waals surface area contributed by atoms with Crippen LogP contribution in [0, 0.1) is 0 Å². The second-order valence-corrected chi connectivity index (χ2v) is 6.23. The van der Waals surface area contributed by atoms with Gasteiger partial charge in [0.25, 0.3) is 0 Å². The molecule has 1 aliphatic heterocycles. The molecule has 5 nitrogen and oxygen atoms in total. The summed E-state index contributed by atoms with van der Waals surface area (Å²) in [5.74, 6) is -0.952. The Morgan fingerprint density at radius 2 is 1.81 bits per heavy atom. The summed E-state index contributed by atoms with van der Waals surface area (Å²) in [6.45, 7) is 10.5. The van der Waals surface area contributed by atoms with Crippen LogP contribution in [0.3, 0.4) is 0 Å². The van der Waals surface area contributed by atoms with Crippen LogP contribution in [-0.2, 0) is 9.31 Å². The molecule has 0 saturated carbocycles. The number of anilines is 1. The molecule has 0 spiro atoms. The van der Waals surface area contributed by atoms with E-state index in [0.29, 0.717) is 12.2 Å². The van der Waals surface area contributed by atoms with Crippen LogP contribution in [0.25, 0.3) is 0 Å². The fourth-order valence-corrected chi connectivity index (χ4v) is 2.21. The van der Waals surface area contributed by atoms with Crippen molar-refractivity contribution in [2.75, 3.05) is 11.9 Å². The van der Waals surface area contributed by atoms with Crippen molar-refractivity contribution >= 4 is 24.2 Å². The predicted molar refractivity (Wildman–Crippen MR) is 83.3 cm³/mol. The van der Waals surface area contributed by atoms with Crippen molar-refractivity contribution in [3.8, 4) is 0 Å². The van der Waals surface area contributed by atoms with Gasteiger partial charge in [-0.25, -0.2) is 4.79 Å². The molecule has 0 bridgehead atoms. The summed E-state index contributed by atoms with van der Waals surface area (Å²) in [7, 11) is -0.491. The minimum Gasteiger partial charge on any atom is -0.478 e. The van der Waals surface area contributed by atoms with Crippen LogP contribution < -0.4 is 10.8 Å². The Labute approximate surface area is 125 Å². The van der Waals surface area contributed by atoms with Gasteiger partial charge in [0.2, 0.25) is 0 Å². The summed E-state index contributed by atoms with van der Waals surface area (Å²) in [5.41, 5.74) is 0.812. The van der Waals surface area contributed by atoms with E-state index in [1.165, 1.54) is 0 Å². The van der Waals surface area contributed by atoms with Crippen molar-refractivity contribution in [2.45, 2.75) is 45.8 Å². The van der Waals surface area contributed by atoms with Crippen molar-refractivity contribution in [1.82, 2.24) is 0 Å². The third-order valence-electron chi connectivity index (χ3n) is 4.17. The molecule has 2 N–H and O–H groups in total. The molecule has 1 aliphatic rings. The van der Waals surface area contributed by atoms with E-state index in [4.69, 9.17) is 9.31 Å². The zero-order valence-corrected chi connectivity index (χ0v) is 13.2. The van der Waals surface area contributed by atoms with E-state index in [9.17, 15) is 9.90 Å². The molecule has 1 aromatic rings. The molecule has 1 aromatic carbocycles. The maximum Gasteiger partial charge on any atom is 0.494 e. The maximum absolute atomic E-state index is 11.2. The van der Waals surface area contributed by atoms with Crippen LogP contribution in [0.4, 0.5) is 5.69 Å². The second-order valence-electron chi connectivity index (χ2n) is 6.23. The summed E-state index contributed by atoms with van der Waals surface area (Å²) in [6.07, 6.45) is 0. The van der Waals surface area contributed by atoms with Gasteiger partial charge in [0.1, 0.15) is 0 Å². The molecule has 0 unspecified atom stereocenters. The van der Waals surface area contributed by atoms with Gasteiger partial charge < -0.3 is 19.7 Å². The lowest BCUT2D eigenvalue weighted by molar-refractivity contribution is 0.00578. The quantitative estimate of drug-likeness (QED) is 0.832. The average molecular weight is 291 g/mol. The molecule has 1 fully saturated rings. The highest BCUT2D eigenvalue weighted by Gasteiger charge is 2.51. The third kappa shape index (κ3) is 2.92. The lowest BCUT2D eigenvalue weighted by Gasteiger charge is -2.32. The lowest BCUT2D eigenvalue weighted by atomic mass is 9.78. The molecule has 114 valence electrons. The van der Waals surface area contributed by atoms with Gasteiger partial charge >= 0.3 is 13.1 Å². The first-order valence-corrected chi connectivity index (χ1v) is 7.14. The van der Waals surface area contributed by atoms with Gasteiger partial charge in [-0.3, -0.25) is 0 Å². The highest BCUT2D eigenvalue weighted by molar-refractivity contribution is 6.62. The fourth-order valence-electron chi connectivity index (χ4n) is 2.21. The van der Waals surface area contributed by atoms with Crippen molar-refractivity contribution in [2.24, 2.45) is 0 Å². The van der Waals surface area contributed by atoms with Gasteiger partial charge in [0, 0.05) is 12.2 Å². The van der Waals surface area contributed by atoms with E-state index < -0.39 is 24.3 Å². The van der Waals surface area contributed by atoms with Crippen molar-refractivity contribution in [1.29, 1.82) is 0 Å². The first-order valence-electron chi connectivity index (χ1n) is 7.14. The number of carboxylic acid groups (broad SMARTS) is 1. The van der Waals surface area contributed by atoms with Gasteiger partial charge in [-0.2, -0.15) is 0 Å². The van der Waals surface area contributed by atoms with E-state index in [2.05, 4.69) is 5.32 Å². The Morgan fingerprint density at radius 3 is 2.29 bits per heavy atom.